The summed E-state index contributed by atoms with van der Waals surface area (Å²) in [5.41, 5.74) is 0.770. The highest BCUT2D eigenvalue weighted by molar-refractivity contribution is 14.1. The number of halogens is 2. The van der Waals surface area contributed by atoms with Crippen LogP contribution in [0.15, 0.2) is 46.4 Å². The summed E-state index contributed by atoms with van der Waals surface area (Å²) in [6.45, 7) is 2.27. The Morgan fingerprint density at radius 2 is 1.86 bits per heavy atom. The Balaban J connectivity index is 2.03. The van der Waals surface area contributed by atoms with E-state index in [2.05, 4.69) is 43.8 Å². The average Bonchev–Trinajstić information content (AvgIpc) is 2.67. The molecule has 9 heteroatoms. The molecule has 2 aromatic carbocycles. The molecule has 0 atom stereocenters. The van der Waals surface area contributed by atoms with Gasteiger partial charge in [-0.05, 0) is 77.6 Å². The zero-order valence-electron chi connectivity index (χ0n) is 15.5. The first-order chi connectivity index (χ1) is 13.8. The van der Waals surface area contributed by atoms with Gasteiger partial charge in [-0.25, -0.2) is 9.69 Å². The first-order valence-corrected chi connectivity index (χ1v) is 10.4. The number of urea groups is 1. The number of nitrogens with one attached hydrogen (secondary N) is 1. The molecule has 0 radical (unpaired) electrons. The Kier molecular flexibility index (Phi) is 6.58. The normalized spacial score (nSPS) is 15.5. The Hall–Kier alpha value is -2.40. The number of barbiturate groups is 1. The molecule has 1 N–H and O–H groups in total. The van der Waals surface area contributed by atoms with Crippen LogP contribution in [0.4, 0.5) is 10.5 Å². The van der Waals surface area contributed by atoms with Crippen molar-refractivity contribution in [1.29, 1.82) is 0 Å². The second kappa shape index (κ2) is 8.95. The van der Waals surface area contributed by atoms with Crippen molar-refractivity contribution >= 4 is 68.1 Å². The van der Waals surface area contributed by atoms with Crippen molar-refractivity contribution in [2.75, 3.05) is 18.6 Å². The monoisotopic (exact) mass is 570 g/mol. The predicted octanol–water partition coefficient (Wildman–Crippen LogP) is 4.13. The zero-order chi connectivity index (χ0) is 21.1. The van der Waals surface area contributed by atoms with E-state index in [-0.39, 0.29) is 5.57 Å². The molecule has 1 heterocycles. The van der Waals surface area contributed by atoms with Crippen LogP contribution < -0.4 is 19.7 Å². The van der Waals surface area contributed by atoms with Crippen LogP contribution in [0.2, 0.25) is 0 Å². The van der Waals surface area contributed by atoms with E-state index in [0.29, 0.717) is 29.4 Å². The highest BCUT2D eigenvalue weighted by Crippen LogP contribution is 2.35. The number of rotatable bonds is 5. The Bertz CT molecular complexity index is 1020. The van der Waals surface area contributed by atoms with E-state index in [9.17, 15) is 14.4 Å². The van der Waals surface area contributed by atoms with Crippen LogP contribution in [0.25, 0.3) is 6.08 Å². The standard InChI is InChI=1S/C20H16BrIN2O5/c1-3-29-16-10-11(9-15(22)17(16)28-2)8-14-18(25)23-20(27)24(19(14)26)13-6-4-12(21)5-7-13/h4-10H,3H2,1-2H3,(H,23,25,27)/b14-8+. The number of nitrogens with zero attached hydrogens (tertiary/aromatic N) is 1. The van der Waals surface area contributed by atoms with Crippen LogP contribution in [-0.4, -0.2) is 31.6 Å². The van der Waals surface area contributed by atoms with Gasteiger partial charge in [0.05, 0.1) is 23.0 Å². The third kappa shape index (κ3) is 4.45. The first kappa shape index (κ1) is 21.3. The number of carbonyl (C=O) groups is 3. The molecule has 0 aliphatic carbocycles. The summed E-state index contributed by atoms with van der Waals surface area (Å²) in [5, 5.41) is 2.21. The quantitative estimate of drug-likeness (QED) is 0.332. The summed E-state index contributed by atoms with van der Waals surface area (Å²) >= 11 is 5.40. The molecule has 2 aromatic rings. The maximum absolute atomic E-state index is 13.0. The first-order valence-electron chi connectivity index (χ1n) is 8.53. The molecule has 1 saturated heterocycles. The fraction of sp³-hybridized carbons (Fsp3) is 0.150. The van der Waals surface area contributed by atoms with Crippen LogP contribution in [0.3, 0.4) is 0 Å². The van der Waals surface area contributed by atoms with E-state index in [0.717, 1.165) is 12.9 Å². The molecule has 0 saturated carbocycles. The summed E-state index contributed by atoms with van der Waals surface area (Å²) in [5.74, 6) is -0.388. The maximum Gasteiger partial charge on any atom is 0.335 e. The number of benzene rings is 2. The predicted molar refractivity (Wildman–Crippen MR) is 120 cm³/mol. The van der Waals surface area contributed by atoms with E-state index < -0.39 is 17.8 Å². The summed E-state index contributed by atoms with van der Waals surface area (Å²) in [6.07, 6.45) is 1.43. The summed E-state index contributed by atoms with van der Waals surface area (Å²) in [4.78, 5) is 38.5. The highest BCUT2D eigenvalue weighted by Gasteiger charge is 2.36. The van der Waals surface area contributed by atoms with Crippen LogP contribution >= 0.6 is 38.5 Å². The molecule has 1 aliphatic rings. The van der Waals surface area contributed by atoms with Gasteiger partial charge < -0.3 is 9.47 Å². The van der Waals surface area contributed by atoms with Crippen molar-refractivity contribution < 1.29 is 23.9 Å². The maximum atomic E-state index is 13.0. The lowest BCUT2D eigenvalue weighted by Crippen LogP contribution is -2.54. The fourth-order valence-corrected chi connectivity index (χ4v) is 3.89. The molecule has 0 bridgehead atoms. The van der Waals surface area contributed by atoms with E-state index in [1.807, 2.05) is 6.92 Å². The van der Waals surface area contributed by atoms with Crippen LogP contribution in [-0.2, 0) is 9.59 Å². The minimum atomic E-state index is -0.793. The molecule has 150 valence electrons. The lowest BCUT2D eigenvalue weighted by molar-refractivity contribution is -0.122. The smallest absolute Gasteiger partial charge is 0.335 e. The number of anilines is 1. The number of carbonyl (C=O) groups excluding carboxylic acids is 3. The largest absolute Gasteiger partial charge is 0.492 e. The van der Waals surface area contributed by atoms with Crippen molar-refractivity contribution in [3.05, 3.63) is 55.6 Å². The van der Waals surface area contributed by atoms with Gasteiger partial charge in [0, 0.05) is 4.47 Å². The molecule has 0 aromatic heterocycles. The molecular formula is C20H16BrIN2O5. The van der Waals surface area contributed by atoms with E-state index >= 15 is 0 Å². The van der Waals surface area contributed by atoms with E-state index in [4.69, 9.17) is 9.47 Å². The third-order valence-corrected chi connectivity index (χ3v) is 5.36. The summed E-state index contributed by atoms with van der Waals surface area (Å²) in [6, 6.07) is 9.27. The van der Waals surface area contributed by atoms with Gasteiger partial charge in [-0.15, -0.1) is 0 Å². The van der Waals surface area contributed by atoms with Crippen molar-refractivity contribution in [1.82, 2.24) is 5.32 Å². The SMILES string of the molecule is CCOc1cc(/C=C2\C(=O)NC(=O)N(c3ccc(Br)cc3)C2=O)cc(I)c1OC. The Morgan fingerprint density at radius 1 is 1.17 bits per heavy atom. The lowest BCUT2D eigenvalue weighted by atomic mass is 10.1. The van der Waals surface area contributed by atoms with Crippen LogP contribution in [0.1, 0.15) is 12.5 Å². The second-order valence-corrected chi connectivity index (χ2v) is 7.98. The van der Waals surface area contributed by atoms with Gasteiger partial charge in [-0.1, -0.05) is 15.9 Å². The lowest BCUT2D eigenvalue weighted by Gasteiger charge is -2.26. The van der Waals surface area contributed by atoms with Gasteiger partial charge >= 0.3 is 6.03 Å². The van der Waals surface area contributed by atoms with Crippen molar-refractivity contribution in [2.24, 2.45) is 0 Å². The third-order valence-electron chi connectivity index (χ3n) is 4.03. The van der Waals surface area contributed by atoms with Crippen molar-refractivity contribution in [2.45, 2.75) is 6.92 Å². The van der Waals surface area contributed by atoms with Gasteiger partial charge in [0.2, 0.25) is 0 Å². The number of ether oxygens (including phenoxy) is 2. The minimum Gasteiger partial charge on any atom is -0.492 e. The molecule has 7 nitrogen and oxygen atoms in total. The molecule has 1 fully saturated rings. The van der Waals surface area contributed by atoms with Gasteiger partial charge in [0.25, 0.3) is 11.8 Å². The Labute approximate surface area is 189 Å². The van der Waals surface area contributed by atoms with Gasteiger partial charge in [0.1, 0.15) is 5.57 Å². The number of amides is 4. The molecular weight excluding hydrogens is 555 g/mol. The zero-order valence-corrected chi connectivity index (χ0v) is 19.2. The number of imide groups is 2. The van der Waals surface area contributed by atoms with E-state index in [1.54, 1.807) is 36.4 Å². The van der Waals surface area contributed by atoms with Gasteiger partial charge in [-0.3, -0.25) is 14.9 Å². The van der Waals surface area contributed by atoms with Crippen molar-refractivity contribution in [3.8, 4) is 11.5 Å². The molecule has 29 heavy (non-hydrogen) atoms. The minimum absolute atomic E-state index is 0.157. The molecule has 1 aliphatic heterocycles. The fourth-order valence-electron chi connectivity index (χ4n) is 2.78. The molecule has 0 unspecified atom stereocenters. The highest BCUT2D eigenvalue weighted by atomic mass is 127. The van der Waals surface area contributed by atoms with Crippen molar-refractivity contribution in [3.63, 3.8) is 0 Å². The van der Waals surface area contributed by atoms with Gasteiger partial charge in [-0.2, -0.15) is 0 Å². The topological polar surface area (TPSA) is 84.9 Å². The average molecular weight is 571 g/mol. The van der Waals surface area contributed by atoms with Crippen LogP contribution in [0, 0.1) is 3.57 Å². The Morgan fingerprint density at radius 3 is 2.48 bits per heavy atom. The number of methoxy groups -OCH3 is 1. The summed E-state index contributed by atoms with van der Waals surface area (Å²) in [7, 11) is 1.54. The molecule has 3 rings (SSSR count). The second-order valence-electron chi connectivity index (χ2n) is 5.90. The number of hydrogen-bond donors (Lipinski definition) is 1. The molecule has 0 spiro atoms. The summed E-state index contributed by atoms with van der Waals surface area (Å²) < 4.78 is 12.5. The van der Waals surface area contributed by atoms with Crippen LogP contribution in [0.5, 0.6) is 11.5 Å². The van der Waals surface area contributed by atoms with Gasteiger partial charge in [0.15, 0.2) is 11.5 Å². The van der Waals surface area contributed by atoms with E-state index in [1.165, 1.54) is 13.2 Å². The number of hydrogen-bond acceptors (Lipinski definition) is 5. The molecule has 4 amide bonds.